The van der Waals surface area contributed by atoms with Crippen LogP contribution in [0.1, 0.15) is 0 Å². The molecular formula is C60H36O. The molecule has 0 aliphatic carbocycles. The standard InChI is InChI=1S/C60H36O/c1-3-11-49-45(9-1)33-57(53-15-7-5-13-51(49)53)47-23-21-37-29-39(17-19-41(37)31-47)43-25-27-55-56-28-26-44(36-60(56)61-59(55)35-43)40-18-20-42-32-48(24-22-38(42)30-40)58-34-46-10-2-4-12-50(46)52-14-6-8-16-54(52)58/h1-36H. The highest BCUT2D eigenvalue weighted by Crippen LogP contribution is 2.40. The second-order valence-electron chi connectivity index (χ2n) is 16.5. The molecule has 0 aliphatic heterocycles. The summed E-state index contributed by atoms with van der Waals surface area (Å²) < 4.78 is 6.61. The molecule has 0 saturated heterocycles. The first-order valence-corrected chi connectivity index (χ1v) is 21.1. The van der Waals surface area contributed by atoms with Crippen molar-refractivity contribution in [1.82, 2.24) is 0 Å². The van der Waals surface area contributed by atoms with E-state index in [2.05, 4.69) is 218 Å². The van der Waals surface area contributed by atoms with Crippen LogP contribution in [0, 0.1) is 0 Å². The van der Waals surface area contributed by atoms with E-state index in [0.717, 1.165) is 33.1 Å². The summed E-state index contributed by atoms with van der Waals surface area (Å²) in [6, 6.07) is 80.1. The van der Waals surface area contributed by atoms with Crippen molar-refractivity contribution in [2.75, 3.05) is 0 Å². The fourth-order valence-electron chi connectivity index (χ4n) is 9.91. The average Bonchev–Trinajstić information content (AvgIpc) is 3.70. The first-order valence-electron chi connectivity index (χ1n) is 21.1. The fraction of sp³-hybridized carbons (Fsp3) is 0. The molecule has 0 saturated carbocycles. The lowest BCUT2D eigenvalue weighted by Crippen LogP contribution is -1.85. The van der Waals surface area contributed by atoms with Gasteiger partial charge in [-0.2, -0.15) is 0 Å². The largest absolute Gasteiger partial charge is 0.456 e. The Morgan fingerprint density at radius 2 is 0.525 bits per heavy atom. The van der Waals surface area contributed by atoms with Crippen molar-refractivity contribution in [3.63, 3.8) is 0 Å². The Morgan fingerprint density at radius 1 is 0.197 bits per heavy atom. The highest BCUT2D eigenvalue weighted by molar-refractivity contribution is 6.16. The molecule has 1 aromatic heterocycles. The SMILES string of the molecule is c1ccc2c(c1)cc(-c1ccc3cc(-c4ccc5c(c4)oc4cc(-c6ccc7cc(-c8cc9ccccc9c9ccccc89)ccc7c6)ccc45)ccc3c1)c1ccccc12. The summed E-state index contributed by atoms with van der Waals surface area (Å²) in [6.45, 7) is 0. The van der Waals surface area contributed by atoms with Gasteiger partial charge in [-0.25, -0.2) is 0 Å². The molecule has 0 N–H and O–H groups in total. The minimum Gasteiger partial charge on any atom is -0.456 e. The summed E-state index contributed by atoms with van der Waals surface area (Å²) in [7, 11) is 0. The Balaban J connectivity index is 0.816. The van der Waals surface area contributed by atoms with Crippen LogP contribution in [0.3, 0.4) is 0 Å². The first-order chi connectivity index (χ1) is 30.2. The van der Waals surface area contributed by atoms with Crippen LogP contribution in [-0.2, 0) is 0 Å². The normalized spacial score (nSPS) is 11.9. The van der Waals surface area contributed by atoms with Gasteiger partial charge in [0.2, 0.25) is 0 Å². The lowest BCUT2D eigenvalue weighted by atomic mass is 9.92. The molecule has 61 heavy (non-hydrogen) atoms. The van der Waals surface area contributed by atoms with E-state index in [1.54, 1.807) is 0 Å². The molecule has 1 heterocycles. The number of benzene rings is 12. The highest BCUT2D eigenvalue weighted by Gasteiger charge is 2.14. The summed E-state index contributed by atoms with van der Waals surface area (Å²) in [6.07, 6.45) is 0. The minimum absolute atomic E-state index is 0.899. The van der Waals surface area contributed by atoms with Gasteiger partial charge in [0.25, 0.3) is 0 Å². The second kappa shape index (κ2) is 13.3. The number of rotatable bonds is 4. The Bertz CT molecular complexity index is 3680. The molecule has 13 aromatic rings. The number of hydrogen-bond acceptors (Lipinski definition) is 1. The average molecular weight is 773 g/mol. The molecule has 0 aliphatic rings. The lowest BCUT2D eigenvalue weighted by molar-refractivity contribution is 0.669. The van der Waals surface area contributed by atoms with Gasteiger partial charge in [0, 0.05) is 10.8 Å². The molecular weight excluding hydrogens is 737 g/mol. The zero-order valence-corrected chi connectivity index (χ0v) is 33.2. The van der Waals surface area contributed by atoms with E-state index in [-0.39, 0.29) is 0 Å². The van der Waals surface area contributed by atoms with Gasteiger partial charge in [0.05, 0.1) is 0 Å². The third-order valence-electron chi connectivity index (χ3n) is 13.0. The van der Waals surface area contributed by atoms with Gasteiger partial charge in [-0.15, -0.1) is 0 Å². The number of furan rings is 1. The van der Waals surface area contributed by atoms with Crippen molar-refractivity contribution in [3.8, 4) is 44.5 Å². The maximum atomic E-state index is 6.61. The van der Waals surface area contributed by atoms with Gasteiger partial charge in [0.15, 0.2) is 0 Å². The summed E-state index contributed by atoms with van der Waals surface area (Å²) in [5.74, 6) is 0. The Morgan fingerprint density at radius 3 is 0.967 bits per heavy atom. The maximum Gasteiger partial charge on any atom is 0.136 e. The van der Waals surface area contributed by atoms with Crippen LogP contribution in [0.15, 0.2) is 223 Å². The van der Waals surface area contributed by atoms with Crippen molar-refractivity contribution in [3.05, 3.63) is 218 Å². The highest BCUT2D eigenvalue weighted by atomic mass is 16.3. The third-order valence-corrected chi connectivity index (χ3v) is 13.0. The molecule has 0 atom stereocenters. The first kappa shape index (κ1) is 33.9. The molecule has 12 aromatic carbocycles. The van der Waals surface area contributed by atoms with E-state index in [4.69, 9.17) is 4.42 Å². The number of fused-ring (bicyclic) bond motifs is 11. The van der Waals surface area contributed by atoms with E-state index in [1.165, 1.54) is 98.0 Å². The zero-order chi connectivity index (χ0) is 40.0. The van der Waals surface area contributed by atoms with E-state index in [9.17, 15) is 0 Å². The predicted molar refractivity (Wildman–Crippen MR) is 260 cm³/mol. The molecule has 1 heteroatoms. The van der Waals surface area contributed by atoms with Crippen molar-refractivity contribution < 1.29 is 4.42 Å². The van der Waals surface area contributed by atoms with Crippen LogP contribution in [0.5, 0.6) is 0 Å². The van der Waals surface area contributed by atoms with Gasteiger partial charge < -0.3 is 4.42 Å². The maximum absolute atomic E-state index is 6.61. The zero-order valence-electron chi connectivity index (χ0n) is 33.2. The van der Waals surface area contributed by atoms with Gasteiger partial charge in [-0.3, -0.25) is 0 Å². The minimum atomic E-state index is 0.899. The van der Waals surface area contributed by atoms with Crippen LogP contribution in [0.4, 0.5) is 0 Å². The molecule has 1 nitrogen and oxygen atoms in total. The van der Waals surface area contributed by atoms with Crippen molar-refractivity contribution in [2.24, 2.45) is 0 Å². The lowest BCUT2D eigenvalue weighted by Gasteiger charge is -2.12. The summed E-state index contributed by atoms with van der Waals surface area (Å²) in [5.41, 5.74) is 11.4. The van der Waals surface area contributed by atoms with Gasteiger partial charge in [-0.1, -0.05) is 158 Å². The monoisotopic (exact) mass is 772 g/mol. The molecule has 0 fully saturated rings. The number of hydrogen-bond donors (Lipinski definition) is 0. The van der Waals surface area contributed by atoms with Gasteiger partial charge in [0.1, 0.15) is 11.2 Å². The van der Waals surface area contributed by atoms with Crippen LogP contribution < -0.4 is 0 Å². The van der Waals surface area contributed by atoms with Crippen molar-refractivity contribution in [2.45, 2.75) is 0 Å². The molecule has 0 unspecified atom stereocenters. The topological polar surface area (TPSA) is 13.1 Å². The quantitative estimate of drug-likeness (QED) is 0.162. The van der Waals surface area contributed by atoms with Gasteiger partial charge in [-0.05, 0) is 170 Å². The summed E-state index contributed by atoms with van der Waals surface area (Å²) in [5, 5.41) is 17.4. The summed E-state index contributed by atoms with van der Waals surface area (Å²) in [4.78, 5) is 0. The molecule has 282 valence electrons. The van der Waals surface area contributed by atoms with E-state index in [0.29, 0.717) is 0 Å². The third kappa shape index (κ3) is 5.48. The Hall–Kier alpha value is -8.00. The van der Waals surface area contributed by atoms with Crippen LogP contribution >= 0.6 is 0 Å². The summed E-state index contributed by atoms with van der Waals surface area (Å²) >= 11 is 0. The van der Waals surface area contributed by atoms with E-state index >= 15 is 0 Å². The Labute approximate surface area is 352 Å². The van der Waals surface area contributed by atoms with Crippen LogP contribution in [-0.4, -0.2) is 0 Å². The van der Waals surface area contributed by atoms with Crippen LogP contribution in [0.25, 0.3) is 131 Å². The van der Waals surface area contributed by atoms with E-state index < -0.39 is 0 Å². The van der Waals surface area contributed by atoms with Gasteiger partial charge >= 0.3 is 0 Å². The Kier molecular flexibility index (Phi) is 7.37. The molecule has 0 bridgehead atoms. The molecule has 0 amide bonds. The molecule has 0 radical (unpaired) electrons. The van der Waals surface area contributed by atoms with Crippen LogP contribution in [0.2, 0.25) is 0 Å². The second-order valence-corrected chi connectivity index (χ2v) is 16.5. The van der Waals surface area contributed by atoms with Crippen molar-refractivity contribution in [1.29, 1.82) is 0 Å². The smallest absolute Gasteiger partial charge is 0.136 e. The molecule has 0 spiro atoms. The van der Waals surface area contributed by atoms with E-state index in [1.807, 2.05) is 0 Å². The predicted octanol–water partition coefficient (Wildman–Crippen LogP) is 17.2. The molecule has 13 rings (SSSR count). The fourth-order valence-corrected chi connectivity index (χ4v) is 9.91. The van der Waals surface area contributed by atoms with Crippen molar-refractivity contribution >= 4 is 86.6 Å².